The van der Waals surface area contributed by atoms with Gasteiger partial charge in [0.05, 0.1) is 0 Å². The van der Waals surface area contributed by atoms with Gasteiger partial charge in [-0.2, -0.15) is 15.9 Å². The highest BCUT2D eigenvalue weighted by molar-refractivity contribution is 7.08. The first kappa shape index (κ1) is 13.8. The van der Waals surface area contributed by atoms with Crippen molar-refractivity contribution in [2.75, 3.05) is 11.9 Å². The van der Waals surface area contributed by atoms with Crippen LogP contribution in [0.15, 0.2) is 53.4 Å². The molecule has 4 heterocycles. The summed E-state index contributed by atoms with van der Waals surface area (Å²) in [4.78, 5) is 4.31. The lowest BCUT2D eigenvalue weighted by Crippen LogP contribution is -2.09. The SMILES string of the molecule is c1ccc(CCNc2ccc3nnc(-c4ccsc4)n3n2)nc1. The van der Waals surface area contributed by atoms with Crippen LogP contribution in [0.3, 0.4) is 0 Å². The maximum atomic E-state index is 4.59. The fraction of sp³-hybridized carbons (Fsp3) is 0.125. The average Bonchev–Trinajstić information content (AvgIpc) is 3.24. The molecule has 0 unspecified atom stereocenters. The Balaban J connectivity index is 1.53. The second kappa shape index (κ2) is 6.13. The van der Waals surface area contributed by atoms with Gasteiger partial charge < -0.3 is 5.32 Å². The maximum absolute atomic E-state index is 4.59. The Morgan fingerprint density at radius 3 is 2.91 bits per heavy atom. The highest BCUT2D eigenvalue weighted by atomic mass is 32.1. The molecule has 0 saturated heterocycles. The zero-order valence-corrected chi connectivity index (χ0v) is 13.1. The Kier molecular flexibility index (Phi) is 3.69. The molecule has 0 bridgehead atoms. The lowest BCUT2D eigenvalue weighted by molar-refractivity contribution is 0.905. The van der Waals surface area contributed by atoms with Crippen LogP contribution in [0, 0.1) is 0 Å². The quantitative estimate of drug-likeness (QED) is 0.612. The zero-order chi connectivity index (χ0) is 15.5. The molecule has 0 spiro atoms. The molecule has 0 saturated carbocycles. The van der Waals surface area contributed by atoms with Crippen LogP contribution >= 0.6 is 11.3 Å². The summed E-state index contributed by atoms with van der Waals surface area (Å²) in [6.45, 7) is 0.769. The van der Waals surface area contributed by atoms with Gasteiger partial charge in [-0.3, -0.25) is 4.98 Å². The first-order valence-corrected chi connectivity index (χ1v) is 8.23. The third-order valence-electron chi connectivity index (χ3n) is 3.46. The molecule has 0 aliphatic rings. The third-order valence-corrected chi connectivity index (χ3v) is 4.14. The van der Waals surface area contributed by atoms with Crippen LogP contribution in [0.4, 0.5) is 5.82 Å². The van der Waals surface area contributed by atoms with E-state index < -0.39 is 0 Å². The van der Waals surface area contributed by atoms with Gasteiger partial charge in [-0.1, -0.05) is 6.07 Å². The molecule has 0 aromatic carbocycles. The van der Waals surface area contributed by atoms with Crippen LogP contribution in [0.2, 0.25) is 0 Å². The number of anilines is 1. The van der Waals surface area contributed by atoms with E-state index in [1.807, 2.05) is 53.4 Å². The molecule has 114 valence electrons. The van der Waals surface area contributed by atoms with E-state index in [0.717, 1.165) is 41.5 Å². The van der Waals surface area contributed by atoms with E-state index in [-0.39, 0.29) is 0 Å². The van der Waals surface area contributed by atoms with Crippen LogP contribution in [0.25, 0.3) is 17.0 Å². The van der Waals surface area contributed by atoms with E-state index in [0.29, 0.717) is 0 Å². The number of hydrogen-bond donors (Lipinski definition) is 1. The number of nitrogens with one attached hydrogen (secondary N) is 1. The van der Waals surface area contributed by atoms with Gasteiger partial charge in [0.25, 0.3) is 0 Å². The number of hydrogen-bond acceptors (Lipinski definition) is 6. The van der Waals surface area contributed by atoms with Crippen molar-refractivity contribution in [3.8, 4) is 11.4 Å². The molecule has 0 atom stereocenters. The van der Waals surface area contributed by atoms with Crippen molar-refractivity contribution in [2.45, 2.75) is 6.42 Å². The van der Waals surface area contributed by atoms with E-state index in [4.69, 9.17) is 0 Å². The molecule has 1 N–H and O–H groups in total. The highest BCUT2D eigenvalue weighted by Gasteiger charge is 2.10. The molecular weight excluding hydrogens is 308 g/mol. The molecule has 0 radical (unpaired) electrons. The normalized spacial score (nSPS) is 11.0. The number of nitrogens with zero attached hydrogens (tertiary/aromatic N) is 5. The Morgan fingerprint density at radius 2 is 2.09 bits per heavy atom. The number of rotatable bonds is 5. The lowest BCUT2D eigenvalue weighted by atomic mass is 10.3. The van der Waals surface area contributed by atoms with Gasteiger partial charge in [0, 0.05) is 35.8 Å². The molecule has 6 nitrogen and oxygen atoms in total. The monoisotopic (exact) mass is 322 g/mol. The van der Waals surface area contributed by atoms with E-state index in [1.165, 1.54) is 0 Å². The summed E-state index contributed by atoms with van der Waals surface area (Å²) in [7, 11) is 0. The van der Waals surface area contributed by atoms with E-state index >= 15 is 0 Å². The molecule has 4 rings (SSSR count). The standard InChI is InChI=1S/C16H14N6S/c1-2-8-17-13(3-1)6-9-18-14-4-5-15-19-20-16(22(15)21-14)12-7-10-23-11-12/h1-5,7-8,10-11H,6,9H2,(H,18,21). The van der Waals surface area contributed by atoms with Crippen LogP contribution in [0.5, 0.6) is 0 Å². The van der Waals surface area contributed by atoms with E-state index in [1.54, 1.807) is 15.9 Å². The molecule has 0 amide bonds. The van der Waals surface area contributed by atoms with Crippen LogP contribution < -0.4 is 5.32 Å². The third kappa shape index (κ3) is 2.91. The Hall–Kier alpha value is -2.80. The fourth-order valence-electron chi connectivity index (χ4n) is 2.32. The summed E-state index contributed by atoms with van der Waals surface area (Å²) >= 11 is 1.63. The molecule has 7 heteroatoms. The number of thiophene rings is 1. The molecule has 4 aromatic heterocycles. The summed E-state index contributed by atoms with van der Waals surface area (Å²) in [6, 6.07) is 11.8. The van der Waals surface area contributed by atoms with Gasteiger partial charge in [0.2, 0.25) is 0 Å². The minimum absolute atomic E-state index is 0.737. The predicted molar refractivity (Wildman–Crippen MR) is 90.5 cm³/mol. The summed E-state index contributed by atoms with van der Waals surface area (Å²) in [5, 5.41) is 20.4. The van der Waals surface area contributed by atoms with Crippen LogP contribution in [-0.4, -0.2) is 31.3 Å². The minimum Gasteiger partial charge on any atom is -0.368 e. The molecule has 0 aliphatic heterocycles. The van der Waals surface area contributed by atoms with Gasteiger partial charge in [-0.15, -0.1) is 15.3 Å². The predicted octanol–water partition coefficient (Wildman–Crippen LogP) is 2.90. The van der Waals surface area contributed by atoms with Crippen molar-refractivity contribution < 1.29 is 0 Å². The van der Waals surface area contributed by atoms with Gasteiger partial charge >= 0.3 is 0 Å². The number of pyridine rings is 1. The first-order valence-electron chi connectivity index (χ1n) is 7.29. The fourth-order valence-corrected chi connectivity index (χ4v) is 2.95. The lowest BCUT2D eigenvalue weighted by Gasteiger charge is -2.06. The van der Waals surface area contributed by atoms with Crippen molar-refractivity contribution in [3.05, 3.63) is 59.0 Å². The highest BCUT2D eigenvalue weighted by Crippen LogP contribution is 2.20. The molecule has 0 fully saturated rings. The van der Waals surface area contributed by atoms with Crippen molar-refractivity contribution in [2.24, 2.45) is 0 Å². The number of fused-ring (bicyclic) bond motifs is 1. The Bertz CT molecular complexity index is 901. The Morgan fingerprint density at radius 1 is 1.09 bits per heavy atom. The van der Waals surface area contributed by atoms with Crippen LogP contribution in [0.1, 0.15) is 5.69 Å². The topological polar surface area (TPSA) is 68.0 Å². The van der Waals surface area contributed by atoms with Crippen molar-refractivity contribution in [1.82, 2.24) is 24.8 Å². The maximum Gasteiger partial charge on any atom is 0.186 e. The van der Waals surface area contributed by atoms with Gasteiger partial charge in [-0.25, -0.2) is 0 Å². The molecule has 4 aromatic rings. The van der Waals surface area contributed by atoms with E-state index in [2.05, 4.69) is 25.6 Å². The zero-order valence-electron chi connectivity index (χ0n) is 12.3. The minimum atomic E-state index is 0.737. The first-order chi connectivity index (χ1) is 11.4. The van der Waals surface area contributed by atoms with Crippen molar-refractivity contribution >= 4 is 22.8 Å². The second-order valence-corrected chi connectivity index (χ2v) is 5.80. The summed E-state index contributed by atoms with van der Waals surface area (Å²) < 4.78 is 1.77. The largest absolute Gasteiger partial charge is 0.368 e. The molecular formula is C16H14N6S. The van der Waals surface area contributed by atoms with Gasteiger partial charge in [-0.05, 0) is 35.7 Å². The van der Waals surface area contributed by atoms with Crippen molar-refractivity contribution in [3.63, 3.8) is 0 Å². The van der Waals surface area contributed by atoms with Gasteiger partial charge in [0.15, 0.2) is 11.5 Å². The average molecular weight is 322 g/mol. The Labute approximate surface area is 136 Å². The van der Waals surface area contributed by atoms with Crippen molar-refractivity contribution in [1.29, 1.82) is 0 Å². The van der Waals surface area contributed by atoms with Crippen LogP contribution in [-0.2, 0) is 6.42 Å². The second-order valence-electron chi connectivity index (χ2n) is 5.02. The summed E-state index contributed by atoms with van der Waals surface area (Å²) in [5.74, 6) is 1.55. The smallest absolute Gasteiger partial charge is 0.186 e. The molecule has 0 aliphatic carbocycles. The van der Waals surface area contributed by atoms with E-state index in [9.17, 15) is 0 Å². The number of aromatic nitrogens is 5. The summed E-state index contributed by atoms with van der Waals surface area (Å²) in [5.41, 5.74) is 2.83. The van der Waals surface area contributed by atoms with Gasteiger partial charge in [0.1, 0.15) is 5.82 Å². The molecule has 23 heavy (non-hydrogen) atoms. The summed E-state index contributed by atoms with van der Waals surface area (Å²) in [6.07, 6.45) is 2.66.